The van der Waals surface area contributed by atoms with Gasteiger partial charge in [0, 0.05) is 5.75 Å². The van der Waals surface area contributed by atoms with Crippen LogP contribution in [0.1, 0.15) is 0 Å². The lowest BCUT2D eigenvalue weighted by Crippen LogP contribution is -2.00. The minimum absolute atomic E-state index is 0.589. The molecule has 20 heavy (non-hydrogen) atoms. The molecule has 0 spiro atoms. The molecule has 0 aliphatic carbocycles. The van der Waals surface area contributed by atoms with Crippen molar-refractivity contribution < 1.29 is 4.74 Å². The molecule has 0 radical (unpaired) electrons. The van der Waals surface area contributed by atoms with Gasteiger partial charge in [0.25, 0.3) is 0 Å². The number of aromatic amines is 1. The molecule has 1 aromatic heterocycles. The van der Waals surface area contributed by atoms with Crippen LogP contribution in [0, 0.1) is 0 Å². The van der Waals surface area contributed by atoms with Gasteiger partial charge in [0.2, 0.25) is 0 Å². The Morgan fingerprint density at radius 1 is 1.10 bits per heavy atom. The zero-order valence-electron chi connectivity index (χ0n) is 10.7. The third kappa shape index (κ3) is 3.08. The molecule has 0 fully saturated rings. The average Bonchev–Trinajstić information content (AvgIpc) is 2.88. The van der Waals surface area contributed by atoms with Gasteiger partial charge in [-0.2, -0.15) is 0 Å². The first-order valence-electron chi connectivity index (χ1n) is 6.28. The number of hydrogen-bond donors (Lipinski definition) is 1. The highest BCUT2D eigenvalue weighted by atomic mass is 35.5. The molecule has 0 saturated heterocycles. The highest BCUT2D eigenvalue weighted by molar-refractivity contribution is 7.99. The van der Waals surface area contributed by atoms with Gasteiger partial charge in [-0.25, -0.2) is 4.98 Å². The Morgan fingerprint density at radius 3 is 2.75 bits per heavy atom. The van der Waals surface area contributed by atoms with E-state index in [1.165, 1.54) is 0 Å². The molecule has 0 aliphatic rings. The fraction of sp³-hybridized carbons (Fsp3) is 0.133. The summed E-state index contributed by atoms with van der Waals surface area (Å²) in [6.07, 6.45) is 0. The third-order valence-electron chi connectivity index (χ3n) is 2.78. The average molecular weight is 305 g/mol. The van der Waals surface area contributed by atoms with Gasteiger partial charge < -0.3 is 9.72 Å². The van der Waals surface area contributed by atoms with E-state index < -0.39 is 0 Å². The maximum absolute atomic E-state index is 6.02. The maximum Gasteiger partial charge on any atom is 0.166 e. The van der Waals surface area contributed by atoms with Gasteiger partial charge in [0.05, 0.1) is 22.7 Å². The first kappa shape index (κ1) is 13.3. The Hall–Kier alpha value is -1.65. The Labute approximate surface area is 126 Å². The highest BCUT2D eigenvalue weighted by Crippen LogP contribution is 2.24. The molecule has 0 saturated carbocycles. The number of fused-ring (bicyclic) bond motifs is 1. The number of aromatic nitrogens is 2. The molecule has 1 N–H and O–H groups in total. The first-order valence-corrected chi connectivity index (χ1v) is 7.64. The molecule has 1 heterocycles. The van der Waals surface area contributed by atoms with Crippen LogP contribution in [0.25, 0.3) is 11.0 Å². The van der Waals surface area contributed by atoms with Crippen LogP contribution in [0.15, 0.2) is 53.7 Å². The molecule has 0 amide bonds. The number of thioether (sulfide) groups is 1. The number of nitrogens with zero attached hydrogens (tertiary/aromatic N) is 1. The summed E-state index contributed by atoms with van der Waals surface area (Å²) in [6, 6.07) is 15.5. The van der Waals surface area contributed by atoms with Crippen LogP contribution >= 0.6 is 23.4 Å². The zero-order chi connectivity index (χ0) is 13.8. The Bertz CT molecular complexity index is 681. The Balaban J connectivity index is 1.54. The van der Waals surface area contributed by atoms with Gasteiger partial charge in [-0.3, -0.25) is 0 Å². The number of imidazole rings is 1. The smallest absolute Gasteiger partial charge is 0.166 e. The summed E-state index contributed by atoms with van der Waals surface area (Å²) in [7, 11) is 0. The number of halogens is 1. The fourth-order valence-corrected chi connectivity index (χ4v) is 2.74. The van der Waals surface area contributed by atoms with Crippen molar-refractivity contribution in [1.82, 2.24) is 9.97 Å². The van der Waals surface area contributed by atoms with Crippen molar-refractivity contribution in [2.75, 3.05) is 12.4 Å². The molecule has 0 bridgehead atoms. The molecule has 5 heteroatoms. The summed E-state index contributed by atoms with van der Waals surface area (Å²) in [4.78, 5) is 7.78. The Morgan fingerprint density at radius 2 is 1.90 bits per heavy atom. The van der Waals surface area contributed by atoms with E-state index in [-0.39, 0.29) is 0 Å². The van der Waals surface area contributed by atoms with E-state index in [9.17, 15) is 0 Å². The lowest BCUT2D eigenvalue weighted by Gasteiger charge is -2.06. The van der Waals surface area contributed by atoms with Crippen molar-refractivity contribution >= 4 is 34.4 Å². The van der Waals surface area contributed by atoms with E-state index in [2.05, 4.69) is 9.97 Å². The summed E-state index contributed by atoms with van der Waals surface area (Å²) in [5.74, 6) is 1.53. The van der Waals surface area contributed by atoms with Gasteiger partial charge in [-0.15, -0.1) is 0 Å². The lowest BCUT2D eigenvalue weighted by molar-refractivity contribution is 0.344. The maximum atomic E-state index is 6.02. The largest absolute Gasteiger partial charge is 0.491 e. The predicted molar refractivity (Wildman–Crippen MR) is 83.8 cm³/mol. The first-order chi connectivity index (χ1) is 9.83. The van der Waals surface area contributed by atoms with Crippen molar-refractivity contribution in [3.8, 4) is 5.75 Å². The molecule has 0 aliphatic heterocycles. The Kier molecular flexibility index (Phi) is 4.14. The van der Waals surface area contributed by atoms with Gasteiger partial charge in [0.15, 0.2) is 5.16 Å². The third-order valence-corrected chi connectivity index (χ3v) is 3.93. The zero-order valence-corrected chi connectivity index (χ0v) is 12.2. The monoisotopic (exact) mass is 304 g/mol. The number of rotatable bonds is 5. The van der Waals surface area contributed by atoms with Crippen molar-refractivity contribution in [1.29, 1.82) is 0 Å². The van der Waals surface area contributed by atoms with Crippen molar-refractivity contribution in [3.63, 3.8) is 0 Å². The van der Waals surface area contributed by atoms with E-state index in [0.29, 0.717) is 11.6 Å². The van der Waals surface area contributed by atoms with Gasteiger partial charge in [-0.1, -0.05) is 47.6 Å². The topological polar surface area (TPSA) is 37.9 Å². The highest BCUT2D eigenvalue weighted by Gasteiger charge is 2.03. The van der Waals surface area contributed by atoms with Gasteiger partial charge >= 0.3 is 0 Å². The van der Waals surface area contributed by atoms with Crippen molar-refractivity contribution in [2.24, 2.45) is 0 Å². The number of H-pyrrole nitrogens is 1. The molecule has 102 valence electrons. The normalized spacial score (nSPS) is 10.8. The predicted octanol–water partition coefficient (Wildman–Crippen LogP) is 4.39. The van der Waals surface area contributed by atoms with Crippen LogP contribution in [-0.2, 0) is 0 Å². The fourth-order valence-electron chi connectivity index (χ4n) is 1.85. The molecule has 2 aromatic carbocycles. The number of nitrogens with one attached hydrogen (secondary N) is 1. The number of hydrogen-bond acceptors (Lipinski definition) is 3. The van der Waals surface area contributed by atoms with Gasteiger partial charge in [0.1, 0.15) is 5.75 Å². The van der Waals surface area contributed by atoms with E-state index >= 15 is 0 Å². The van der Waals surface area contributed by atoms with Crippen molar-refractivity contribution in [2.45, 2.75) is 5.16 Å². The quantitative estimate of drug-likeness (QED) is 0.561. The van der Waals surface area contributed by atoms with E-state index in [1.807, 2.05) is 48.5 Å². The minimum Gasteiger partial charge on any atom is -0.491 e. The van der Waals surface area contributed by atoms with E-state index in [1.54, 1.807) is 11.8 Å². The second kappa shape index (κ2) is 6.20. The number of benzene rings is 2. The number of ether oxygens (including phenoxy) is 1. The van der Waals surface area contributed by atoms with Crippen LogP contribution in [0.3, 0.4) is 0 Å². The molecule has 3 nitrogen and oxygen atoms in total. The van der Waals surface area contributed by atoms with Crippen LogP contribution in [0.2, 0.25) is 5.02 Å². The molecular weight excluding hydrogens is 292 g/mol. The summed E-state index contributed by atoms with van der Waals surface area (Å²) < 4.78 is 5.64. The lowest BCUT2D eigenvalue weighted by atomic mass is 10.3. The SMILES string of the molecule is Clc1ccccc1OCCSc1nc2ccccc2[nH]1. The minimum atomic E-state index is 0.589. The summed E-state index contributed by atoms with van der Waals surface area (Å²) in [6.45, 7) is 0.589. The van der Waals surface area contributed by atoms with Crippen LogP contribution in [0.4, 0.5) is 0 Å². The number of para-hydroxylation sites is 3. The molecule has 0 atom stereocenters. The molecule has 0 unspecified atom stereocenters. The van der Waals surface area contributed by atoms with E-state index in [0.717, 1.165) is 27.7 Å². The summed E-state index contributed by atoms with van der Waals surface area (Å²) >= 11 is 7.66. The molecular formula is C15H13ClN2OS. The van der Waals surface area contributed by atoms with Crippen LogP contribution in [-0.4, -0.2) is 22.3 Å². The standard InChI is InChI=1S/C15H13ClN2OS/c16-11-5-1-4-8-14(11)19-9-10-20-15-17-12-6-2-3-7-13(12)18-15/h1-8H,9-10H2,(H,17,18). The van der Waals surface area contributed by atoms with E-state index in [4.69, 9.17) is 16.3 Å². The summed E-state index contributed by atoms with van der Waals surface area (Å²) in [5.41, 5.74) is 2.05. The van der Waals surface area contributed by atoms with Crippen molar-refractivity contribution in [3.05, 3.63) is 53.6 Å². The van der Waals surface area contributed by atoms with Crippen LogP contribution in [0.5, 0.6) is 5.75 Å². The molecule has 3 rings (SSSR count). The van der Waals surface area contributed by atoms with Gasteiger partial charge in [-0.05, 0) is 24.3 Å². The molecule has 3 aromatic rings. The van der Waals surface area contributed by atoms with Crippen LogP contribution < -0.4 is 4.74 Å². The second-order valence-electron chi connectivity index (χ2n) is 4.19. The summed E-state index contributed by atoms with van der Waals surface area (Å²) in [5, 5.41) is 1.55. The second-order valence-corrected chi connectivity index (χ2v) is 5.68.